The molecule has 0 aliphatic carbocycles. The molecule has 0 N–H and O–H groups in total. The molecule has 1 aliphatic heterocycles. The lowest BCUT2D eigenvalue weighted by Crippen LogP contribution is -2.48. The molecule has 0 bridgehead atoms. The van der Waals surface area contributed by atoms with Gasteiger partial charge in [-0.3, -0.25) is 9.10 Å². The van der Waals surface area contributed by atoms with E-state index < -0.39 is 15.8 Å². The fourth-order valence-electron chi connectivity index (χ4n) is 4.18. The summed E-state index contributed by atoms with van der Waals surface area (Å²) in [5.41, 5.74) is 2.11. The summed E-state index contributed by atoms with van der Waals surface area (Å²) in [6, 6.07) is 20.3. The quantitative estimate of drug-likeness (QED) is 0.497. The Kier molecular flexibility index (Phi) is 7.25. The molecule has 184 valence electrons. The van der Waals surface area contributed by atoms with Gasteiger partial charge in [-0.05, 0) is 42.5 Å². The number of carbonyl (C=O) groups excluding carboxylic acids is 1. The Morgan fingerprint density at radius 3 is 2.20 bits per heavy atom. The van der Waals surface area contributed by atoms with Crippen molar-refractivity contribution in [2.45, 2.75) is 6.54 Å². The van der Waals surface area contributed by atoms with Gasteiger partial charge < -0.3 is 14.5 Å². The highest BCUT2D eigenvalue weighted by Gasteiger charge is 2.25. The third-order valence-electron chi connectivity index (χ3n) is 6.07. The maximum atomic E-state index is 14.1. The minimum absolute atomic E-state index is 0.115. The summed E-state index contributed by atoms with van der Waals surface area (Å²) in [6.45, 7) is 2.33. The van der Waals surface area contributed by atoms with Gasteiger partial charge in [0.1, 0.15) is 11.6 Å². The second-order valence-electron chi connectivity index (χ2n) is 8.36. The number of para-hydroxylation sites is 2. The summed E-state index contributed by atoms with van der Waals surface area (Å²) in [7, 11) is -2.03. The van der Waals surface area contributed by atoms with Crippen LogP contribution in [0.25, 0.3) is 0 Å². The van der Waals surface area contributed by atoms with Crippen LogP contribution in [0, 0.1) is 5.82 Å². The Morgan fingerprint density at radius 2 is 1.57 bits per heavy atom. The highest BCUT2D eigenvalue weighted by atomic mass is 32.2. The Balaban J connectivity index is 1.45. The molecular formula is C26H28FN3O4S. The zero-order valence-corrected chi connectivity index (χ0v) is 20.5. The van der Waals surface area contributed by atoms with Crippen LogP contribution in [-0.2, 0) is 16.6 Å². The first kappa shape index (κ1) is 24.5. The van der Waals surface area contributed by atoms with Gasteiger partial charge in [0.05, 0.1) is 31.3 Å². The lowest BCUT2D eigenvalue weighted by Gasteiger charge is -2.36. The maximum absolute atomic E-state index is 14.1. The van der Waals surface area contributed by atoms with Crippen molar-refractivity contribution < 1.29 is 22.3 Å². The molecule has 35 heavy (non-hydrogen) atoms. The second-order valence-corrected chi connectivity index (χ2v) is 10.3. The summed E-state index contributed by atoms with van der Waals surface area (Å²) in [6.07, 6.45) is 1.08. The molecule has 3 aromatic rings. The number of ether oxygens (including phenoxy) is 1. The van der Waals surface area contributed by atoms with E-state index in [0.717, 1.165) is 22.0 Å². The maximum Gasteiger partial charge on any atom is 0.253 e. The summed E-state index contributed by atoms with van der Waals surface area (Å²) in [4.78, 5) is 17.1. The first-order chi connectivity index (χ1) is 16.8. The van der Waals surface area contributed by atoms with E-state index in [-0.39, 0.29) is 18.0 Å². The topological polar surface area (TPSA) is 70.2 Å². The van der Waals surface area contributed by atoms with Crippen LogP contribution in [0.4, 0.5) is 15.8 Å². The summed E-state index contributed by atoms with van der Waals surface area (Å²) >= 11 is 0. The van der Waals surface area contributed by atoms with Crippen LogP contribution in [0.2, 0.25) is 0 Å². The van der Waals surface area contributed by atoms with E-state index in [1.165, 1.54) is 6.07 Å². The number of piperazine rings is 1. The van der Waals surface area contributed by atoms with Gasteiger partial charge in [-0.2, -0.15) is 0 Å². The van der Waals surface area contributed by atoms with Gasteiger partial charge in [0, 0.05) is 37.3 Å². The van der Waals surface area contributed by atoms with Crippen molar-refractivity contribution in [1.82, 2.24) is 4.90 Å². The molecule has 0 atom stereocenters. The number of carbonyl (C=O) groups is 1. The Morgan fingerprint density at radius 1 is 0.943 bits per heavy atom. The summed E-state index contributed by atoms with van der Waals surface area (Å²) in [5, 5.41) is 0. The van der Waals surface area contributed by atoms with E-state index in [1.807, 2.05) is 24.3 Å². The highest BCUT2D eigenvalue weighted by molar-refractivity contribution is 7.92. The van der Waals surface area contributed by atoms with Gasteiger partial charge in [-0.1, -0.05) is 30.3 Å². The molecule has 1 heterocycles. The molecular weight excluding hydrogens is 469 g/mol. The number of amides is 1. The highest BCUT2D eigenvalue weighted by Crippen LogP contribution is 2.29. The molecule has 9 heteroatoms. The normalized spacial score (nSPS) is 14.0. The van der Waals surface area contributed by atoms with Gasteiger partial charge in [-0.15, -0.1) is 0 Å². The Labute approximate surface area is 205 Å². The van der Waals surface area contributed by atoms with Gasteiger partial charge >= 0.3 is 0 Å². The number of sulfonamides is 1. The van der Waals surface area contributed by atoms with Gasteiger partial charge in [-0.25, -0.2) is 12.8 Å². The molecule has 7 nitrogen and oxygen atoms in total. The molecule has 0 radical (unpaired) electrons. The lowest BCUT2D eigenvalue weighted by atomic mass is 10.1. The zero-order valence-electron chi connectivity index (χ0n) is 19.7. The fourth-order valence-corrected chi connectivity index (χ4v) is 5.05. The van der Waals surface area contributed by atoms with E-state index in [2.05, 4.69) is 4.90 Å². The van der Waals surface area contributed by atoms with Crippen LogP contribution in [-0.4, -0.2) is 58.8 Å². The van der Waals surface area contributed by atoms with E-state index in [0.29, 0.717) is 37.4 Å². The number of hydrogen-bond donors (Lipinski definition) is 0. The first-order valence-corrected chi connectivity index (χ1v) is 13.1. The second kappa shape index (κ2) is 10.4. The van der Waals surface area contributed by atoms with Gasteiger partial charge in [0.25, 0.3) is 5.91 Å². The monoisotopic (exact) mass is 497 g/mol. The minimum atomic E-state index is -3.67. The third-order valence-corrected chi connectivity index (χ3v) is 7.21. The van der Waals surface area contributed by atoms with Crippen LogP contribution in [0.3, 0.4) is 0 Å². The van der Waals surface area contributed by atoms with Crippen LogP contribution in [0.1, 0.15) is 15.9 Å². The van der Waals surface area contributed by atoms with Gasteiger partial charge in [0.2, 0.25) is 10.0 Å². The van der Waals surface area contributed by atoms with Crippen molar-refractivity contribution in [2.24, 2.45) is 0 Å². The van der Waals surface area contributed by atoms with Crippen LogP contribution in [0.5, 0.6) is 5.75 Å². The molecule has 1 saturated heterocycles. The molecule has 0 saturated carbocycles. The minimum Gasteiger partial charge on any atom is -0.495 e. The molecule has 1 aliphatic rings. The number of halogens is 1. The molecule has 0 aromatic heterocycles. The summed E-state index contributed by atoms with van der Waals surface area (Å²) < 4.78 is 45.6. The van der Waals surface area contributed by atoms with Crippen LogP contribution in [0.15, 0.2) is 72.8 Å². The smallest absolute Gasteiger partial charge is 0.253 e. The summed E-state index contributed by atoms with van der Waals surface area (Å²) in [5.74, 6) is 0.213. The first-order valence-electron chi connectivity index (χ1n) is 11.3. The van der Waals surface area contributed by atoms with Crippen molar-refractivity contribution in [3.05, 3.63) is 89.7 Å². The largest absolute Gasteiger partial charge is 0.495 e. The number of nitrogens with zero attached hydrogens (tertiary/aromatic N) is 3. The molecule has 1 fully saturated rings. The molecule has 0 unspecified atom stereocenters. The number of rotatable bonds is 7. The van der Waals surface area contributed by atoms with Crippen molar-refractivity contribution in [2.75, 3.05) is 48.7 Å². The lowest BCUT2D eigenvalue weighted by molar-refractivity contribution is 0.0746. The molecule has 4 rings (SSSR count). The average molecular weight is 498 g/mol. The van der Waals surface area contributed by atoms with Crippen molar-refractivity contribution >= 4 is 27.3 Å². The molecule has 1 amide bonds. The molecule has 0 spiro atoms. The fraction of sp³-hybridized carbons (Fsp3) is 0.269. The van der Waals surface area contributed by atoms with E-state index in [9.17, 15) is 17.6 Å². The predicted octanol–water partition coefficient (Wildman–Crippen LogP) is 3.76. The molecule has 3 aromatic carbocycles. The van der Waals surface area contributed by atoms with Crippen LogP contribution >= 0.6 is 0 Å². The Hall–Kier alpha value is -3.59. The van der Waals surface area contributed by atoms with Gasteiger partial charge in [0.15, 0.2) is 0 Å². The van der Waals surface area contributed by atoms with E-state index >= 15 is 0 Å². The van der Waals surface area contributed by atoms with Crippen molar-refractivity contribution in [3.63, 3.8) is 0 Å². The number of anilines is 2. The van der Waals surface area contributed by atoms with Crippen LogP contribution < -0.4 is 13.9 Å². The standard InChI is InChI=1S/C26H28FN3O4S/c1-34-25-10-6-5-9-24(25)28-15-17-29(18-16-28)26(31)20-11-13-22(14-12-20)30(35(2,32)33)19-21-7-3-4-8-23(21)27/h3-14H,15-19H2,1-2H3. The zero-order chi connectivity index (χ0) is 25.0. The third kappa shape index (κ3) is 5.57. The number of methoxy groups -OCH3 is 1. The van der Waals surface area contributed by atoms with Crippen molar-refractivity contribution in [3.8, 4) is 5.75 Å². The average Bonchev–Trinajstić information content (AvgIpc) is 2.87. The number of hydrogen-bond acceptors (Lipinski definition) is 5. The SMILES string of the molecule is COc1ccccc1N1CCN(C(=O)c2ccc(N(Cc3ccccc3F)S(C)(=O)=O)cc2)CC1. The predicted molar refractivity (Wildman–Crippen MR) is 135 cm³/mol. The van der Waals surface area contributed by atoms with Crippen molar-refractivity contribution in [1.29, 1.82) is 0 Å². The van der Waals surface area contributed by atoms with E-state index in [4.69, 9.17) is 4.74 Å². The van der Waals surface area contributed by atoms with E-state index in [1.54, 1.807) is 54.5 Å². The Bertz CT molecular complexity index is 1290. The number of benzene rings is 3.